The van der Waals surface area contributed by atoms with Crippen LogP contribution in [0.5, 0.6) is 0 Å². The number of amides is 1. The van der Waals surface area contributed by atoms with Gasteiger partial charge in [-0.1, -0.05) is 12.1 Å². The van der Waals surface area contributed by atoms with Gasteiger partial charge in [0.25, 0.3) is 5.91 Å². The monoisotopic (exact) mass is 341 g/mol. The molecule has 2 N–H and O–H groups in total. The molecule has 0 fully saturated rings. The van der Waals surface area contributed by atoms with Gasteiger partial charge in [0.1, 0.15) is 0 Å². The predicted octanol–water partition coefficient (Wildman–Crippen LogP) is 2.86. The van der Waals surface area contributed by atoms with Gasteiger partial charge in [-0.25, -0.2) is 8.42 Å². The van der Waals surface area contributed by atoms with Crippen molar-refractivity contribution in [2.75, 3.05) is 16.3 Å². The number of carbonyl (C=O) groups excluding carboxylic acids is 1. The molecule has 3 aromatic rings. The minimum absolute atomic E-state index is 0.330. The molecule has 0 saturated carbocycles. The summed E-state index contributed by atoms with van der Waals surface area (Å²) in [5, 5.41) is 3.67. The molecule has 0 spiro atoms. The number of hydrogen-bond acceptors (Lipinski definition) is 4. The van der Waals surface area contributed by atoms with E-state index in [-0.39, 0.29) is 5.91 Å². The molecule has 6 nitrogen and oxygen atoms in total. The minimum atomic E-state index is -3.40. The van der Waals surface area contributed by atoms with Crippen LogP contribution in [-0.2, 0) is 10.0 Å². The van der Waals surface area contributed by atoms with E-state index in [0.717, 1.165) is 17.2 Å². The Labute approximate surface area is 139 Å². The summed E-state index contributed by atoms with van der Waals surface area (Å²) in [6.45, 7) is 0. The summed E-state index contributed by atoms with van der Waals surface area (Å²) < 4.78 is 25.0. The third-order valence-corrected chi connectivity index (χ3v) is 3.93. The number of anilines is 2. The maximum Gasteiger partial charge on any atom is 0.255 e. The molecule has 0 unspecified atom stereocenters. The number of benzene rings is 2. The van der Waals surface area contributed by atoms with E-state index in [1.165, 1.54) is 6.07 Å². The maximum atomic E-state index is 12.5. The molecule has 3 rings (SSSR count). The zero-order chi connectivity index (χ0) is 17.2. The lowest BCUT2D eigenvalue weighted by Gasteiger charge is -2.10. The van der Waals surface area contributed by atoms with Gasteiger partial charge < -0.3 is 5.32 Å². The fourth-order valence-electron chi connectivity index (χ4n) is 2.34. The van der Waals surface area contributed by atoms with E-state index < -0.39 is 10.0 Å². The molecule has 0 aliphatic rings. The van der Waals surface area contributed by atoms with Crippen LogP contribution in [0.15, 0.2) is 60.8 Å². The van der Waals surface area contributed by atoms with Crippen molar-refractivity contribution in [1.82, 2.24) is 4.98 Å². The Kier molecular flexibility index (Phi) is 4.18. The Bertz CT molecular complexity index is 1010. The number of nitrogens with one attached hydrogen (secondary N) is 2. The third-order valence-electron chi connectivity index (χ3n) is 3.32. The highest BCUT2D eigenvalue weighted by Crippen LogP contribution is 2.22. The van der Waals surface area contributed by atoms with Gasteiger partial charge in [-0.3, -0.25) is 14.5 Å². The molecule has 0 aliphatic heterocycles. The number of pyridine rings is 1. The van der Waals surface area contributed by atoms with E-state index in [1.807, 2.05) is 18.2 Å². The smallest absolute Gasteiger partial charge is 0.255 e. The second kappa shape index (κ2) is 6.29. The van der Waals surface area contributed by atoms with Crippen LogP contribution in [0.4, 0.5) is 11.4 Å². The van der Waals surface area contributed by atoms with E-state index in [2.05, 4.69) is 15.0 Å². The zero-order valence-corrected chi connectivity index (χ0v) is 13.7. The number of fused-ring (bicyclic) bond motifs is 1. The van der Waals surface area contributed by atoms with Gasteiger partial charge in [0, 0.05) is 22.8 Å². The molecule has 0 atom stereocenters. The quantitative estimate of drug-likeness (QED) is 0.764. The molecule has 1 amide bonds. The van der Waals surface area contributed by atoms with Gasteiger partial charge in [0.2, 0.25) is 10.0 Å². The van der Waals surface area contributed by atoms with Crippen molar-refractivity contribution >= 4 is 38.2 Å². The first-order valence-corrected chi connectivity index (χ1v) is 9.04. The van der Waals surface area contributed by atoms with Crippen molar-refractivity contribution in [3.05, 3.63) is 66.4 Å². The number of aromatic nitrogens is 1. The van der Waals surface area contributed by atoms with Crippen molar-refractivity contribution < 1.29 is 13.2 Å². The van der Waals surface area contributed by atoms with Crippen molar-refractivity contribution in [1.29, 1.82) is 0 Å². The van der Waals surface area contributed by atoms with Crippen molar-refractivity contribution in [3.63, 3.8) is 0 Å². The van der Waals surface area contributed by atoms with E-state index in [4.69, 9.17) is 0 Å². The molecular formula is C17H15N3O3S. The zero-order valence-electron chi connectivity index (χ0n) is 12.9. The topological polar surface area (TPSA) is 88.2 Å². The van der Waals surface area contributed by atoms with Crippen LogP contribution in [0.1, 0.15) is 10.4 Å². The highest BCUT2D eigenvalue weighted by Gasteiger charge is 2.10. The second-order valence-electron chi connectivity index (χ2n) is 5.28. The molecule has 1 aromatic heterocycles. The molecule has 122 valence electrons. The highest BCUT2D eigenvalue weighted by atomic mass is 32.2. The molecular weight excluding hydrogens is 326 g/mol. The summed E-state index contributed by atoms with van der Waals surface area (Å²) >= 11 is 0. The molecule has 7 heteroatoms. The van der Waals surface area contributed by atoms with Crippen LogP contribution in [0.25, 0.3) is 10.9 Å². The Morgan fingerprint density at radius 1 is 1.04 bits per heavy atom. The van der Waals surface area contributed by atoms with E-state index in [0.29, 0.717) is 16.9 Å². The summed E-state index contributed by atoms with van der Waals surface area (Å²) in [7, 11) is -3.40. The summed E-state index contributed by atoms with van der Waals surface area (Å²) in [5.41, 5.74) is 2.11. The molecule has 0 aliphatic carbocycles. The fraction of sp³-hybridized carbons (Fsp3) is 0.0588. The Morgan fingerprint density at radius 2 is 1.83 bits per heavy atom. The van der Waals surface area contributed by atoms with Crippen LogP contribution < -0.4 is 10.0 Å². The largest absolute Gasteiger partial charge is 0.321 e. The first-order valence-electron chi connectivity index (χ1n) is 7.15. The first kappa shape index (κ1) is 15.9. The summed E-state index contributed by atoms with van der Waals surface area (Å²) in [6, 6.07) is 15.4. The fourth-order valence-corrected chi connectivity index (χ4v) is 2.90. The summed E-state index contributed by atoms with van der Waals surface area (Å²) in [5.74, 6) is -0.330. The lowest BCUT2D eigenvalue weighted by Crippen LogP contribution is -2.14. The molecule has 1 heterocycles. The minimum Gasteiger partial charge on any atom is -0.321 e. The molecule has 0 bridgehead atoms. The maximum absolute atomic E-state index is 12.5. The van der Waals surface area contributed by atoms with Gasteiger partial charge in [-0.05, 0) is 42.5 Å². The molecule has 0 radical (unpaired) electrons. The number of sulfonamides is 1. The average molecular weight is 341 g/mol. The van der Waals surface area contributed by atoms with Crippen LogP contribution in [0.2, 0.25) is 0 Å². The lowest BCUT2D eigenvalue weighted by molar-refractivity contribution is 0.102. The van der Waals surface area contributed by atoms with E-state index >= 15 is 0 Å². The standard InChI is InChI=1S/C17H15N3O3S/c1-24(22,23)20-13-6-2-5-12(11-13)17(21)19-16-9-3-8-15-14(16)7-4-10-18-15/h2-11,20H,1H3,(H,19,21). The Balaban J connectivity index is 1.88. The SMILES string of the molecule is CS(=O)(=O)Nc1cccc(C(=O)Nc2cccc3ncccc23)c1. The van der Waals surface area contributed by atoms with Gasteiger partial charge >= 0.3 is 0 Å². The normalized spacial score (nSPS) is 11.2. The van der Waals surface area contributed by atoms with Crippen LogP contribution in [0.3, 0.4) is 0 Å². The first-order chi connectivity index (χ1) is 11.4. The van der Waals surface area contributed by atoms with Gasteiger partial charge in [-0.2, -0.15) is 0 Å². The number of nitrogens with zero attached hydrogens (tertiary/aromatic N) is 1. The second-order valence-corrected chi connectivity index (χ2v) is 7.03. The van der Waals surface area contributed by atoms with Crippen molar-refractivity contribution in [2.45, 2.75) is 0 Å². The number of hydrogen-bond donors (Lipinski definition) is 2. The van der Waals surface area contributed by atoms with Gasteiger partial charge in [0.05, 0.1) is 17.5 Å². The molecule has 24 heavy (non-hydrogen) atoms. The van der Waals surface area contributed by atoms with Crippen LogP contribution >= 0.6 is 0 Å². The summed E-state index contributed by atoms with van der Waals surface area (Å²) in [4.78, 5) is 16.7. The number of carbonyl (C=O) groups is 1. The van der Waals surface area contributed by atoms with E-state index in [1.54, 1.807) is 36.5 Å². The van der Waals surface area contributed by atoms with Crippen LogP contribution in [0, 0.1) is 0 Å². The van der Waals surface area contributed by atoms with Gasteiger partial charge in [-0.15, -0.1) is 0 Å². The predicted molar refractivity (Wildman–Crippen MR) is 94.6 cm³/mol. The van der Waals surface area contributed by atoms with Crippen molar-refractivity contribution in [3.8, 4) is 0 Å². The Morgan fingerprint density at radius 3 is 2.62 bits per heavy atom. The van der Waals surface area contributed by atoms with Crippen LogP contribution in [-0.4, -0.2) is 25.6 Å². The average Bonchev–Trinajstić information content (AvgIpc) is 2.54. The molecule has 2 aromatic carbocycles. The number of rotatable bonds is 4. The molecule has 0 saturated heterocycles. The lowest BCUT2D eigenvalue weighted by atomic mass is 10.1. The van der Waals surface area contributed by atoms with Crippen molar-refractivity contribution in [2.24, 2.45) is 0 Å². The third kappa shape index (κ3) is 3.69. The highest BCUT2D eigenvalue weighted by molar-refractivity contribution is 7.92. The Hall–Kier alpha value is -2.93. The van der Waals surface area contributed by atoms with E-state index in [9.17, 15) is 13.2 Å². The summed E-state index contributed by atoms with van der Waals surface area (Å²) in [6.07, 6.45) is 2.75. The van der Waals surface area contributed by atoms with Gasteiger partial charge in [0.15, 0.2) is 0 Å².